The molecule has 8 heteroatoms. The van der Waals surface area contributed by atoms with Crippen LogP contribution in [0.2, 0.25) is 0 Å². The van der Waals surface area contributed by atoms with Gasteiger partial charge in [-0.3, -0.25) is 9.80 Å². The second kappa shape index (κ2) is 7.60. The number of benzene rings is 2. The largest absolute Gasteiger partial charge is 0.416 e. The van der Waals surface area contributed by atoms with E-state index in [2.05, 4.69) is 20.9 Å². The van der Waals surface area contributed by atoms with Crippen molar-refractivity contribution in [3.8, 4) is 0 Å². The Kier molecular flexibility index (Phi) is 5.11. The minimum atomic E-state index is -4.51. The number of amides is 1. The number of halogens is 4. The Balaban J connectivity index is 1.88. The molecule has 1 aliphatic rings. The highest BCUT2D eigenvalue weighted by Gasteiger charge is 2.39. The van der Waals surface area contributed by atoms with Crippen LogP contribution in [0.5, 0.6) is 0 Å². The summed E-state index contributed by atoms with van der Waals surface area (Å²) in [4.78, 5) is 17.4. The van der Waals surface area contributed by atoms with Gasteiger partial charge in [0.05, 0.1) is 16.8 Å². The first-order valence-corrected chi connectivity index (χ1v) is 9.73. The number of pyridine rings is 1. The van der Waals surface area contributed by atoms with Crippen molar-refractivity contribution in [1.82, 2.24) is 9.99 Å². The Hall–Kier alpha value is -3.13. The van der Waals surface area contributed by atoms with Gasteiger partial charge >= 0.3 is 6.18 Å². The van der Waals surface area contributed by atoms with E-state index in [9.17, 15) is 18.0 Å². The van der Waals surface area contributed by atoms with E-state index < -0.39 is 17.6 Å². The number of fused-ring (bicyclic) bond motifs is 1. The van der Waals surface area contributed by atoms with Crippen molar-refractivity contribution < 1.29 is 18.0 Å². The molecule has 1 aromatic heterocycles. The molecule has 152 valence electrons. The molecular formula is C22H15BrF3N3O. The van der Waals surface area contributed by atoms with Crippen molar-refractivity contribution in [2.75, 3.05) is 12.1 Å². The van der Waals surface area contributed by atoms with Crippen molar-refractivity contribution in [2.45, 2.75) is 6.18 Å². The van der Waals surface area contributed by atoms with Gasteiger partial charge in [-0.2, -0.15) is 13.2 Å². The number of rotatable bonds is 3. The Bertz CT molecular complexity index is 1130. The van der Waals surface area contributed by atoms with Crippen LogP contribution >= 0.6 is 15.9 Å². The maximum Gasteiger partial charge on any atom is 0.416 e. The van der Waals surface area contributed by atoms with Crippen molar-refractivity contribution in [3.63, 3.8) is 0 Å². The summed E-state index contributed by atoms with van der Waals surface area (Å²) in [6, 6.07) is 15.7. The summed E-state index contributed by atoms with van der Waals surface area (Å²) >= 11 is 3.36. The van der Waals surface area contributed by atoms with E-state index in [4.69, 9.17) is 0 Å². The molecule has 1 aliphatic heterocycles. The number of carbonyl (C=O) groups excluding carboxylic acids is 1. The van der Waals surface area contributed by atoms with Crippen LogP contribution in [0.3, 0.4) is 0 Å². The van der Waals surface area contributed by atoms with Gasteiger partial charge in [0.15, 0.2) is 0 Å². The molecule has 2 aromatic carbocycles. The quantitative estimate of drug-likeness (QED) is 0.477. The van der Waals surface area contributed by atoms with E-state index in [1.54, 1.807) is 37.5 Å². The Morgan fingerprint density at radius 3 is 2.40 bits per heavy atom. The third kappa shape index (κ3) is 3.70. The van der Waals surface area contributed by atoms with Crippen LogP contribution in [0.4, 0.5) is 19.0 Å². The summed E-state index contributed by atoms with van der Waals surface area (Å²) in [5, 5.41) is 2.87. The Morgan fingerprint density at radius 1 is 1.03 bits per heavy atom. The van der Waals surface area contributed by atoms with Crippen LogP contribution in [0, 0.1) is 0 Å². The second-order valence-electron chi connectivity index (χ2n) is 6.67. The van der Waals surface area contributed by atoms with Crippen LogP contribution < -0.4 is 5.01 Å². The normalized spacial score (nSPS) is 14.9. The van der Waals surface area contributed by atoms with Gasteiger partial charge in [-0.05, 0) is 54.1 Å². The average molecular weight is 474 g/mol. The molecule has 0 atom stereocenters. The third-order valence-electron chi connectivity index (χ3n) is 4.73. The summed E-state index contributed by atoms with van der Waals surface area (Å²) in [6.45, 7) is 0. The smallest absolute Gasteiger partial charge is 0.267 e. The van der Waals surface area contributed by atoms with Gasteiger partial charge in [0, 0.05) is 23.3 Å². The van der Waals surface area contributed by atoms with Crippen molar-refractivity contribution in [1.29, 1.82) is 0 Å². The van der Waals surface area contributed by atoms with Crippen LogP contribution in [0.1, 0.15) is 27.0 Å². The topological polar surface area (TPSA) is 36.4 Å². The molecule has 0 saturated heterocycles. The number of carbonyl (C=O) groups is 1. The highest BCUT2D eigenvalue weighted by atomic mass is 79.9. The lowest BCUT2D eigenvalue weighted by Crippen LogP contribution is -2.39. The zero-order chi connectivity index (χ0) is 21.5. The van der Waals surface area contributed by atoms with Crippen molar-refractivity contribution in [2.24, 2.45) is 0 Å². The number of alkyl halides is 3. The average Bonchev–Trinajstić information content (AvgIpc) is 3.00. The SMILES string of the molecule is CN(c1ccccn1)N1C(=O)c2ccc(C(F)(F)F)cc2C1=Cc1ccc(Br)cc1. The van der Waals surface area contributed by atoms with Crippen LogP contribution in [-0.2, 0) is 6.18 Å². The maximum absolute atomic E-state index is 13.3. The summed E-state index contributed by atoms with van der Waals surface area (Å²) in [7, 11) is 1.65. The van der Waals surface area contributed by atoms with Gasteiger partial charge in [-0.15, -0.1) is 0 Å². The van der Waals surface area contributed by atoms with E-state index in [0.717, 1.165) is 22.2 Å². The molecule has 0 saturated carbocycles. The fourth-order valence-corrected chi connectivity index (χ4v) is 3.52. The first kappa shape index (κ1) is 20.2. The molecule has 0 aliphatic carbocycles. The van der Waals surface area contributed by atoms with Gasteiger partial charge in [-0.25, -0.2) is 9.99 Å². The number of nitrogens with zero attached hydrogens (tertiary/aromatic N) is 3. The predicted molar refractivity (Wildman–Crippen MR) is 112 cm³/mol. The molecule has 4 nitrogen and oxygen atoms in total. The summed E-state index contributed by atoms with van der Waals surface area (Å²) in [6.07, 6.45) is -1.24. The van der Waals surface area contributed by atoms with Gasteiger partial charge in [0.2, 0.25) is 0 Å². The van der Waals surface area contributed by atoms with E-state index in [-0.39, 0.29) is 11.1 Å². The third-order valence-corrected chi connectivity index (χ3v) is 5.26. The van der Waals surface area contributed by atoms with Crippen molar-refractivity contribution >= 4 is 39.4 Å². The van der Waals surface area contributed by atoms with E-state index in [1.807, 2.05) is 24.3 Å². The molecule has 0 unspecified atom stereocenters. The summed E-state index contributed by atoms with van der Waals surface area (Å²) in [5.41, 5.74) is 0.704. The van der Waals surface area contributed by atoms with Gasteiger partial charge in [0.1, 0.15) is 5.82 Å². The Morgan fingerprint density at radius 2 is 1.77 bits per heavy atom. The standard InChI is InChI=1S/C22H15BrF3N3O/c1-28(20-4-2-3-11-27-20)29-19(12-14-5-8-16(23)9-6-14)18-13-15(22(24,25)26)7-10-17(18)21(29)30/h2-13H,1H3. The van der Waals surface area contributed by atoms with Crippen LogP contribution in [-0.4, -0.2) is 22.9 Å². The highest BCUT2D eigenvalue weighted by molar-refractivity contribution is 9.10. The van der Waals surface area contributed by atoms with E-state index in [0.29, 0.717) is 11.5 Å². The first-order valence-electron chi connectivity index (χ1n) is 8.94. The molecule has 0 bridgehead atoms. The van der Waals surface area contributed by atoms with Crippen LogP contribution in [0.15, 0.2) is 71.3 Å². The summed E-state index contributed by atoms with van der Waals surface area (Å²) < 4.78 is 40.9. The van der Waals surface area contributed by atoms with Gasteiger partial charge < -0.3 is 0 Å². The highest BCUT2D eigenvalue weighted by Crippen LogP contribution is 2.40. The zero-order valence-electron chi connectivity index (χ0n) is 15.7. The molecular weight excluding hydrogens is 459 g/mol. The van der Waals surface area contributed by atoms with Gasteiger partial charge in [-0.1, -0.05) is 34.1 Å². The molecule has 0 spiro atoms. The minimum absolute atomic E-state index is 0.203. The fourth-order valence-electron chi connectivity index (χ4n) is 3.26. The molecule has 0 fully saturated rings. The number of hydrogen-bond acceptors (Lipinski definition) is 3. The zero-order valence-corrected chi connectivity index (χ0v) is 17.3. The number of hydrazine groups is 1. The Labute approximate surface area is 179 Å². The first-order chi connectivity index (χ1) is 14.3. The molecule has 0 radical (unpaired) electrons. The second-order valence-corrected chi connectivity index (χ2v) is 7.58. The van der Waals surface area contributed by atoms with E-state index in [1.165, 1.54) is 16.1 Å². The predicted octanol–water partition coefficient (Wildman–Crippen LogP) is 5.87. The minimum Gasteiger partial charge on any atom is -0.267 e. The lowest BCUT2D eigenvalue weighted by molar-refractivity contribution is -0.137. The lowest BCUT2D eigenvalue weighted by Gasteiger charge is -2.30. The number of hydrogen-bond donors (Lipinski definition) is 0. The molecule has 2 heterocycles. The molecule has 0 N–H and O–H groups in total. The van der Waals surface area contributed by atoms with Gasteiger partial charge in [0.25, 0.3) is 5.91 Å². The summed E-state index contributed by atoms with van der Waals surface area (Å²) in [5.74, 6) is 0.0617. The lowest BCUT2D eigenvalue weighted by atomic mass is 10.0. The number of aromatic nitrogens is 1. The fraction of sp³-hybridized carbons (Fsp3) is 0.0909. The molecule has 3 aromatic rings. The molecule has 30 heavy (non-hydrogen) atoms. The molecule has 4 rings (SSSR count). The van der Waals surface area contributed by atoms with E-state index >= 15 is 0 Å². The monoisotopic (exact) mass is 473 g/mol. The van der Waals surface area contributed by atoms with Crippen molar-refractivity contribution in [3.05, 3.63) is 93.6 Å². The number of anilines is 1. The maximum atomic E-state index is 13.3. The molecule has 1 amide bonds. The van der Waals surface area contributed by atoms with Crippen LogP contribution in [0.25, 0.3) is 11.8 Å².